The minimum Gasteiger partial charge on any atom is -0.0622 e. The number of hydrogen-bond donors (Lipinski definition) is 0. The van der Waals surface area contributed by atoms with Crippen LogP contribution in [0, 0.1) is 0 Å². The quantitative estimate of drug-likeness (QED) is 0.371. The molecule has 4 aromatic rings. The van der Waals surface area contributed by atoms with Gasteiger partial charge in [0.15, 0.2) is 0 Å². The van der Waals surface area contributed by atoms with Gasteiger partial charge in [-0.15, -0.1) is 0 Å². The second kappa shape index (κ2) is 6.57. The molecule has 122 valence electrons. The number of benzene rings is 4. The molecule has 0 unspecified atom stereocenters. The first-order valence-electron chi connectivity index (χ1n) is 8.91. The summed E-state index contributed by atoms with van der Waals surface area (Å²) >= 11 is 0. The molecule has 0 N–H and O–H groups in total. The lowest BCUT2D eigenvalue weighted by atomic mass is 9.93. The Bertz CT molecular complexity index is 1010. The zero-order valence-electron chi connectivity index (χ0n) is 14.7. The predicted octanol–water partition coefficient (Wildman–Crippen LogP) is 7.30. The fourth-order valence-electron chi connectivity index (χ4n) is 3.40. The van der Waals surface area contributed by atoms with Crippen molar-refractivity contribution >= 4 is 10.8 Å². The molecule has 25 heavy (non-hydrogen) atoms. The molecule has 0 amide bonds. The fourth-order valence-corrected chi connectivity index (χ4v) is 3.40. The van der Waals surface area contributed by atoms with Crippen molar-refractivity contribution < 1.29 is 0 Å². The molecule has 0 atom stereocenters. The van der Waals surface area contributed by atoms with Gasteiger partial charge in [-0.05, 0) is 50.6 Å². The molecule has 0 heteroatoms. The highest BCUT2D eigenvalue weighted by Gasteiger charge is 2.07. The molecule has 0 aromatic heterocycles. The number of hydrogen-bond acceptors (Lipinski definition) is 0. The summed E-state index contributed by atoms with van der Waals surface area (Å²) in [5.74, 6) is 0.542. The van der Waals surface area contributed by atoms with Crippen molar-refractivity contribution in [3.8, 4) is 22.3 Å². The van der Waals surface area contributed by atoms with E-state index in [1.165, 1.54) is 38.6 Å². The zero-order valence-corrected chi connectivity index (χ0v) is 14.7. The van der Waals surface area contributed by atoms with Gasteiger partial charge in [-0.3, -0.25) is 0 Å². The van der Waals surface area contributed by atoms with Crippen LogP contribution in [0.1, 0.15) is 25.3 Å². The maximum atomic E-state index is 2.33. The Morgan fingerprint density at radius 1 is 0.560 bits per heavy atom. The molecule has 4 aromatic carbocycles. The summed E-state index contributed by atoms with van der Waals surface area (Å²) in [5, 5.41) is 2.59. The van der Waals surface area contributed by atoms with Crippen LogP contribution in [0.15, 0.2) is 91.0 Å². The first-order chi connectivity index (χ1) is 12.2. The average molecular weight is 322 g/mol. The Labute approximate surface area is 149 Å². The Balaban J connectivity index is 1.89. The molecule has 0 aliphatic carbocycles. The molecule has 0 nitrogen and oxygen atoms in total. The molecule has 0 fully saturated rings. The summed E-state index contributed by atoms with van der Waals surface area (Å²) in [6.45, 7) is 4.49. The predicted molar refractivity (Wildman–Crippen MR) is 109 cm³/mol. The van der Waals surface area contributed by atoms with Crippen LogP contribution in [0.25, 0.3) is 33.0 Å². The smallest absolute Gasteiger partial charge is 0.00992 e. The molecule has 0 radical (unpaired) electrons. The van der Waals surface area contributed by atoms with E-state index in [1.807, 2.05) is 0 Å². The summed E-state index contributed by atoms with van der Waals surface area (Å²) in [6.07, 6.45) is 0. The molecule has 0 aliphatic heterocycles. The van der Waals surface area contributed by atoms with Gasteiger partial charge in [0.05, 0.1) is 0 Å². The molecule has 0 heterocycles. The summed E-state index contributed by atoms with van der Waals surface area (Å²) in [6, 6.07) is 32.9. The highest BCUT2D eigenvalue weighted by Crippen LogP contribution is 2.32. The van der Waals surface area contributed by atoms with Crippen molar-refractivity contribution in [2.24, 2.45) is 0 Å². The van der Waals surface area contributed by atoms with E-state index in [0.29, 0.717) is 5.92 Å². The Morgan fingerprint density at radius 3 is 2.08 bits per heavy atom. The van der Waals surface area contributed by atoms with Crippen LogP contribution in [0.3, 0.4) is 0 Å². The molecule has 0 spiro atoms. The summed E-state index contributed by atoms with van der Waals surface area (Å²) < 4.78 is 0. The molecule has 4 rings (SSSR count). The number of rotatable bonds is 3. The SMILES string of the molecule is CC(C)c1cccc(-c2ccc3cccc(-c4ccccc4)c3c2)c1. The van der Waals surface area contributed by atoms with Gasteiger partial charge in [-0.1, -0.05) is 98.8 Å². The molecule has 0 aliphatic rings. The summed E-state index contributed by atoms with van der Waals surface area (Å²) in [4.78, 5) is 0. The van der Waals surface area contributed by atoms with Gasteiger partial charge in [0.1, 0.15) is 0 Å². The average Bonchev–Trinajstić information content (AvgIpc) is 2.68. The van der Waals surface area contributed by atoms with Gasteiger partial charge in [0.2, 0.25) is 0 Å². The monoisotopic (exact) mass is 322 g/mol. The van der Waals surface area contributed by atoms with E-state index in [2.05, 4.69) is 105 Å². The van der Waals surface area contributed by atoms with Gasteiger partial charge < -0.3 is 0 Å². The minimum absolute atomic E-state index is 0.542. The zero-order chi connectivity index (χ0) is 17.2. The van der Waals surface area contributed by atoms with E-state index in [0.717, 1.165) is 0 Å². The third-order valence-corrected chi connectivity index (χ3v) is 4.85. The first kappa shape index (κ1) is 15.7. The van der Waals surface area contributed by atoms with Crippen LogP contribution in [0.2, 0.25) is 0 Å². The van der Waals surface area contributed by atoms with Crippen LogP contribution in [-0.2, 0) is 0 Å². The topological polar surface area (TPSA) is 0 Å². The van der Waals surface area contributed by atoms with E-state index in [9.17, 15) is 0 Å². The van der Waals surface area contributed by atoms with Crippen molar-refractivity contribution in [2.45, 2.75) is 19.8 Å². The van der Waals surface area contributed by atoms with Crippen molar-refractivity contribution in [3.63, 3.8) is 0 Å². The van der Waals surface area contributed by atoms with Crippen molar-refractivity contribution in [3.05, 3.63) is 96.6 Å². The molecule has 0 bridgehead atoms. The Kier molecular flexibility index (Phi) is 4.11. The largest absolute Gasteiger partial charge is 0.0622 e. The normalized spacial score (nSPS) is 11.2. The van der Waals surface area contributed by atoms with Crippen LogP contribution in [-0.4, -0.2) is 0 Å². The second-order valence-electron chi connectivity index (χ2n) is 6.89. The van der Waals surface area contributed by atoms with E-state index in [1.54, 1.807) is 0 Å². The third kappa shape index (κ3) is 3.08. The van der Waals surface area contributed by atoms with E-state index >= 15 is 0 Å². The van der Waals surface area contributed by atoms with E-state index in [-0.39, 0.29) is 0 Å². The third-order valence-electron chi connectivity index (χ3n) is 4.85. The highest BCUT2D eigenvalue weighted by molar-refractivity contribution is 5.99. The van der Waals surface area contributed by atoms with Crippen LogP contribution in [0.4, 0.5) is 0 Å². The van der Waals surface area contributed by atoms with Gasteiger partial charge in [-0.2, -0.15) is 0 Å². The lowest BCUT2D eigenvalue weighted by molar-refractivity contribution is 0.867. The molecular weight excluding hydrogens is 300 g/mol. The fraction of sp³-hybridized carbons (Fsp3) is 0.120. The van der Waals surface area contributed by atoms with Crippen molar-refractivity contribution in [1.82, 2.24) is 0 Å². The minimum atomic E-state index is 0.542. The molecule has 0 saturated carbocycles. The van der Waals surface area contributed by atoms with Crippen molar-refractivity contribution in [1.29, 1.82) is 0 Å². The molecular formula is C25H22. The maximum absolute atomic E-state index is 2.33. The van der Waals surface area contributed by atoms with Crippen LogP contribution in [0.5, 0.6) is 0 Å². The lowest BCUT2D eigenvalue weighted by Gasteiger charge is -2.11. The Hall–Kier alpha value is -2.86. The number of fused-ring (bicyclic) bond motifs is 1. The lowest BCUT2D eigenvalue weighted by Crippen LogP contribution is -1.88. The van der Waals surface area contributed by atoms with Gasteiger partial charge in [0.25, 0.3) is 0 Å². The summed E-state index contributed by atoms with van der Waals surface area (Å²) in [7, 11) is 0. The Morgan fingerprint density at radius 2 is 1.28 bits per heavy atom. The maximum Gasteiger partial charge on any atom is -0.00992 e. The van der Waals surface area contributed by atoms with E-state index in [4.69, 9.17) is 0 Å². The van der Waals surface area contributed by atoms with Gasteiger partial charge >= 0.3 is 0 Å². The van der Waals surface area contributed by atoms with Gasteiger partial charge in [-0.25, -0.2) is 0 Å². The van der Waals surface area contributed by atoms with Crippen LogP contribution < -0.4 is 0 Å². The van der Waals surface area contributed by atoms with E-state index < -0.39 is 0 Å². The standard InChI is InChI=1S/C25H22/c1-18(2)21-11-6-12-22(16-21)23-15-14-20-10-7-13-24(25(20)17-23)19-8-4-3-5-9-19/h3-18H,1-2H3. The molecule has 0 saturated heterocycles. The van der Waals surface area contributed by atoms with Gasteiger partial charge in [0, 0.05) is 0 Å². The second-order valence-corrected chi connectivity index (χ2v) is 6.89. The van der Waals surface area contributed by atoms with Crippen molar-refractivity contribution in [2.75, 3.05) is 0 Å². The van der Waals surface area contributed by atoms with Crippen LogP contribution >= 0.6 is 0 Å². The highest BCUT2D eigenvalue weighted by atomic mass is 14.1. The first-order valence-corrected chi connectivity index (χ1v) is 8.91. The summed E-state index contributed by atoms with van der Waals surface area (Å²) in [5.41, 5.74) is 6.50.